The minimum atomic E-state index is 0.0657. The van der Waals surface area contributed by atoms with Crippen molar-refractivity contribution in [1.29, 1.82) is 0 Å². The summed E-state index contributed by atoms with van der Waals surface area (Å²) in [6.45, 7) is 6.33. The molecule has 0 fully saturated rings. The number of aryl methyl sites for hydroxylation is 1. The number of nitrogens with zero attached hydrogens (tertiary/aromatic N) is 1. The Kier molecular flexibility index (Phi) is 7.27. The van der Waals surface area contributed by atoms with E-state index in [1.165, 1.54) is 37.0 Å². The number of benzene rings is 1. The van der Waals surface area contributed by atoms with Crippen LogP contribution < -0.4 is 5.32 Å². The van der Waals surface area contributed by atoms with Crippen molar-refractivity contribution in [3.63, 3.8) is 0 Å². The molecule has 0 aliphatic carbocycles. The van der Waals surface area contributed by atoms with Gasteiger partial charge in [0.25, 0.3) is 0 Å². The van der Waals surface area contributed by atoms with Gasteiger partial charge >= 0.3 is 0 Å². The van der Waals surface area contributed by atoms with Crippen LogP contribution in [0.1, 0.15) is 66.8 Å². The van der Waals surface area contributed by atoms with Gasteiger partial charge in [-0.15, -0.1) is 0 Å². The second-order valence-electron chi connectivity index (χ2n) is 5.57. The Morgan fingerprint density at radius 2 is 2.04 bits per heavy atom. The molecule has 1 heterocycles. The van der Waals surface area contributed by atoms with Gasteiger partial charge in [0.2, 0.25) is 5.78 Å². The molecule has 1 aromatic carbocycles. The first kappa shape index (κ1) is 17.7. The molecule has 123 valence electrons. The maximum Gasteiger partial charge on any atom is 0.204 e. The number of carbonyl (C=O) groups is 1. The number of carbonyl (C=O) groups excluding carboxylic acids is 1. The summed E-state index contributed by atoms with van der Waals surface area (Å²) in [6.07, 6.45) is 8.57. The first-order chi connectivity index (χ1) is 11.3. The number of thiazole rings is 1. The molecule has 0 saturated carbocycles. The van der Waals surface area contributed by atoms with Crippen molar-refractivity contribution in [2.45, 2.75) is 52.4 Å². The molecule has 3 nitrogen and oxygen atoms in total. The number of hydrogen-bond donors (Lipinski definition) is 1. The van der Waals surface area contributed by atoms with Crippen molar-refractivity contribution in [3.05, 3.63) is 53.0 Å². The minimum Gasteiger partial charge on any atom is -0.357 e. The van der Waals surface area contributed by atoms with Crippen molar-refractivity contribution in [2.24, 2.45) is 0 Å². The summed E-state index contributed by atoms with van der Waals surface area (Å²) in [4.78, 5) is 17.6. The van der Waals surface area contributed by atoms with Gasteiger partial charge in [-0.3, -0.25) is 4.79 Å². The second kappa shape index (κ2) is 9.46. The SMILES string of the molecule is CCCCCC[CH]Nc1ncc(C(=O)c2ccccc2CC)s1. The summed E-state index contributed by atoms with van der Waals surface area (Å²) in [7, 11) is 0. The number of ketones is 1. The molecule has 2 aromatic rings. The van der Waals surface area contributed by atoms with Crippen LogP contribution in [0.5, 0.6) is 0 Å². The fraction of sp³-hybridized carbons (Fsp3) is 0.421. The van der Waals surface area contributed by atoms with Crippen molar-refractivity contribution < 1.29 is 4.79 Å². The molecule has 0 amide bonds. The maximum absolute atomic E-state index is 12.6. The van der Waals surface area contributed by atoms with E-state index in [4.69, 9.17) is 0 Å². The molecule has 0 aliphatic rings. The van der Waals surface area contributed by atoms with E-state index in [2.05, 4.69) is 24.1 Å². The highest BCUT2D eigenvalue weighted by atomic mass is 32.1. The molecule has 1 radical (unpaired) electrons. The summed E-state index contributed by atoms with van der Waals surface area (Å²) in [5.74, 6) is 0.0657. The smallest absolute Gasteiger partial charge is 0.204 e. The van der Waals surface area contributed by atoms with Crippen LogP contribution in [0.2, 0.25) is 0 Å². The Morgan fingerprint density at radius 1 is 1.22 bits per heavy atom. The van der Waals surface area contributed by atoms with E-state index in [0.717, 1.165) is 29.1 Å². The predicted octanol–water partition coefficient (Wildman–Crippen LogP) is 5.48. The lowest BCUT2D eigenvalue weighted by atomic mass is 10.0. The molecule has 0 atom stereocenters. The molecule has 2 rings (SSSR count). The van der Waals surface area contributed by atoms with E-state index in [-0.39, 0.29) is 5.78 Å². The third-order valence-corrected chi connectivity index (χ3v) is 4.73. The van der Waals surface area contributed by atoms with Crippen LogP contribution in [0.25, 0.3) is 0 Å². The van der Waals surface area contributed by atoms with Gasteiger partial charge in [0.1, 0.15) is 0 Å². The van der Waals surface area contributed by atoms with Crippen molar-refractivity contribution in [3.8, 4) is 0 Å². The molecule has 0 unspecified atom stereocenters. The topological polar surface area (TPSA) is 42.0 Å². The Balaban J connectivity index is 1.90. The van der Waals surface area contributed by atoms with Crippen molar-refractivity contribution >= 4 is 22.3 Å². The number of anilines is 1. The lowest BCUT2D eigenvalue weighted by molar-refractivity contribution is 0.104. The van der Waals surface area contributed by atoms with Gasteiger partial charge in [0, 0.05) is 12.1 Å². The van der Waals surface area contributed by atoms with E-state index < -0.39 is 0 Å². The standard InChI is InChI=1S/C19H25N2OS/c1-3-5-6-7-10-13-20-19-21-14-17(23-19)18(22)16-12-9-8-11-15(16)4-2/h8-9,11-14H,3-7,10H2,1-2H3,(H,20,21). The fourth-order valence-corrected chi connectivity index (χ4v) is 3.23. The van der Waals surface area contributed by atoms with E-state index in [1.54, 1.807) is 6.20 Å². The maximum atomic E-state index is 12.6. The first-order valence-corrected chi connectivity index (χ1v) is 9.24. The van der Waals surface area contributed by atoms with Gasteiger partial charge in [-0.05, 0) is 18.4 Å². The number of hydrogen-bond acceptors (Lipinski definition) is 4. The third-order valence-electron chi connectivity index (χ3n) is 3.80. The predicted molar refractivity (Wildman–Crippen MR) is 98.0 cm³/mol. The number of nitrogens with one attached hydrogen (secondary N) is 1. The van der Waals surface area contributed by atoms with Crippen LogP contribution >= 0.6 is 11.3 Å². The Morgan fingerprint density at radius 3 is 2.83 bits per heavy atom. The number of unbranched alkanes of at least 4 members (excludes halogenated alkanes) is 4. The Bertz CT molecular complexity index is 621. The third kappa shape index (κ3) is 5.17. The molecule has 0 saturated heterocycles. The lowest BCUT2D eigenvalue weighted by Crippen LogP contribution is -2.02. The molecule has 4 heteroatoms. The molecule has 1 aromatic heterocycles. The second-order valence-corrected chi connectivity index (χ2v) is 6.60. The normalized spacial score (nSPS) is 10.7. The zero-order chi connectivity index (χ0) is 16.5. The van der Waals surface area contributed by atoms with Gasteiger partial charge in [0.15, 0.2) is 5.13 Å². The van der Waals surface area contributed by atoms with Crippen LogP contribution in [0.15, 0.2) is 30.5 Å². The quantitative estimate of drug-likeness (QED) is 0.463. The van der Waals surface area contributed by atoms with E-state index in [1.807, 2.05) is 30.8 Å². The van der Waals surface area contributed by atoms with Gasteiger partial charge in [-0.25, -0.2) is 4.98 Å². The molecule has 0 aliphatic heterocycles. The van der Waals surface area contributed by atoms with Gasteiger partial charge < -0.3 is 5.32 Å². The summed E-state index contributed by atoms with van der Waals surface area (Å²) < 4.78 is 0. The van der Waals surface area contributed by atoms with Crippen LogP contribution in [0, 0.1) is 6.54 Å². The summed E-state index contributed by atoms with van der Waals surface area (Å²) >= 11 is 1.42. The van der Waals surface area contributed by atoms with Gasteiger partial charge in [0.05, 0.1) is 11.1 Å². The van der Waals surface area contributed by atoms with Crippen LogP contribution in [-0.2, 0) is 6.42 Å². The number of rotatable bonds is 10. The summed E-state index contributed by atoms with van der Waals surface area (Å²) in [5, 5.41) is 4.00. The average molecular weight is 329 g/mol. The number of aromatic nitrogens is 1. The van der Waals surface area contributed by atoms with E-state index in [0.29, 0.717) is 4.88 Å². The highest BCUT2D eigenvalue weighted by molar-refractivity contribution is 7.17. The molecular formula is C19H25N2OS. The molecule has 0 spiro atoms. The molecule has 0 bridgehead atoms. The van der Waals surface area contributed by atoms with E-state index >= 15 is 0 Å². The Hall–Kier alpha value is -1.68. The Labute approximate surface area is 143 Å². The zero-order valence-electron chi connectivity index (χ0n) is 14.0. The van der Waals surface area contributed by atoms with Crippen molar-refractivity contribution in [2.75, 3.05) is 5.32 Å². The van der Waals surface area contributed by atoms with Crippen LogP contribution in [0.4, 0.5) is 5.13 Å². The molecule has 1 N–H and O–H groups in total. The highest BCUT2D eigenvalue weighted by Crippen LogP contribution is 2.23. The fourth-order valence-electron chi connectivity index (χ4n) is 2.46. The summed E-state index contributed by atoms with van der Waals surface area (Å²) in [6, 6.07) is 7.80. The molecule has 23 heavy (non-hydrogen) atoms. The van der Waals surface area contributed by atoms with Gasteiger partial charge in [-0.2, -0.15) is 0 Å². The minimum absolute atomic E-state index is 0.0657. The zero-order valence-corrected chi connectivity index (χ0v) is 14.8. The largest absolute Gasteiger partial charge is 0.357 e. The summed E-state index contributed by atoms with van der Waals surface area (Å²) in [5.41, 5.74) is 1.87. The first-order valence-electron chi connectivity index (χ1n) is 8.42. The molecular weight excluding hydrogens is 304 g/mol. The lowest BCUT2D eigenvalue weighted by Gasteiger charge is -2.04. The highest BCUT2D eigenvalue weighted by Gasteiger charge is 2.15. The van der Waals surface area contributed by atoms with Gasteiger partial charge in [-0.1, -0.05) is 75.1 Å². The van der Waals surface area contributed by atoms with Crippen molar-refractivity contribution in [1.82, 2.24) is 4.98 Å². The van der Waals surface area contributed by atoms with Crippen LogP contribution in [0.3, 0.4) is 0 Å². The monoisotopic (exact) mass is 329 g/mol. The van der Waals surface area contributed by atoms with Crippen LogP contribution in [-0.4, -0.2) is 10.8 Å². The van der Waals surface area contributed by atoms with E-state index in [9.17, 15) is 4.79 Å². The average Bonchev–Trinajstić information content (AvgIpc) is 3.06.